The van der Waals surface area contributed by atoms with E-state index in [0.29, 0.717) is 0 Å². The molecule has 0 radical (unpaired) electrons. The topological polar surface area (TPSA) is 18.5 Å². The van der Waals surface area contributed by atoms with Gasteiger partial charge in [-0.2, -0.15) is 0 Å². The summed E-state index contributed by atoms with van der Waals surface area (Å²) >= 11 is 0. The standard InChI is InChI=1S/C11H14O2/c1-8-10-6-4-3-5-9(10)7-11(12-2)13-8/h3-6,8,11H,7H2,1-2H3/t8-,11?/m1/s1. The van der Waals surface area contributed by atoms with Crippen LogP contribution in [0.3, 0.4) is 0 Å². The molecular formula is C11H14O2. The lowest BCUT2D eigenvalue weighted by atomic mass is 9.98. The van der Waals surface area contributed by atoms with Gasteiger partial charge in [0.05, 0.1) is 6.10 Å². The van der Waals surface area contributed by atoms with Crippen molar-refractivity contribution in [3.05, 3.63) is 35.4 Å². The average Bonchev–Trinajstić information content (AvgIpc) is 2.18. The van der Waals surface area contributed by atoms with Crippen LogP contribution in [-0.2, 0) is 15.9 Å². The summed E-state index contributed by atoms with van der Waals surface area (Å²) < 4.78 is 10.8. The van der Waals surface area contributed by atoms with Crippen molar-refractivity contribution in [2.45, 2.75) is 25.7 Å². The van der Waals surface area contributed by atoms with Gasteiger partial charge in [-0.05, 0) is 18.1 Å². The first-order valence-corrected chi connectivity index (χ1v) is 4.57. The van der Waals surface area contributed by atoms with Gasteiger partial charge in [0.2, 0.25) is 0 Å². The van der Waals surface area contributed by atoms with Crippen LogP contribution in [0.1, 0.15) is 24.2 Å². The van der Waals surface area contributed by atoms with E-state index in [1.165, 1.54) is 11.1 Å². The van der Waals surface area contributed by atoms with E-state index in [1.54, 1.807) is 7.11 Å². The van der Waals surface area contributed by atoms with Gasteiger partial charge in [-0.25, -0.2) is 0 Å². The highest BCUT2D eigenvalue weighted by molar-refractivity contribution is 5.30. The predicted octanol–water partition coefficient (Wildman–Crippen LogP) is 2.29. The number of ether oxygens (including phenoxy) is 2. The molecule has 2 heteroatoms. The van der Waals surface area contributed by atoms with E-state index in [0.717, 1.165) is 6.42 Å². The minimum absolute atomic E-state index is 0.0788. The number of hydrogen-bond acceptors (Lipinski definition) is 2. The van der Waals surface area contributed by atoms with Crippen molar-refractivity contribution in [2.24, 2.45) is 0 Å². The maximum atomic E-state index is 5.64. The van der Waals surface area contributed by atoms with Gasteiger partial charge in [-0.15, -0.1) is 0 Å². The second-order valence-electron chi connectivity index (χ2n) is 3.35. The van der Waals surface area contributed by atoms with Crippen LogP contribution in [-0.4, -0.2) is 13.4 Å². The van der Waals surface area contributed by atoms with Gasteiger partial charge in [0, 0.05) is 13.5 Å². The number of fused-ring (bicyclic) bond motifs is 1. The molecule has 2 atom stereocenters. The summed E-state index contributed by atoms with van der Waals surface area (Å²) in [4.78, 5) is 0. The number of benzene rings is 1. The van der Waals surface area contributed by atoms with Gasteiger partial charge in [-0.3, -0.25) is 0 Å². The Morgan fingerprint density at radius 3 is 2.92 bits per heavy atom. The maximum absolute atomic E-state index is 5.64. The third-order valence-corrected chi connectivity index (χ3v) is 2.50. The molecule has 1 aliphatic rings. The van der Waals surface area contributed by atoms with Crippen molar-refractivity contribution in [3.63, 3.8) is 0 Å². The Morgan fingerprint density at radius 1 is 1.38 bits per heavy atom. The molecule has 2 rings (SSSR count). The van der Waals surface area contributed by atoms with Gasteiger partial charge in [0.25, 0.3) is 0 Å². The lowest BCUT2D eigenvalue weighted by Gasteiger charge is -2.29. The Balaban J connectivity index is 2.31. The van der Waals surface area contributed by atoms with Gasteiger partial charge >= 0.3 is 0 Å². The summed E-state index contributed by atoms with van der Waals surface area (Å²) in [5.74, 6) is 0. The number of rotatable bonds is 1. The minimum atomic E-state index is -0.0788. The molecule has 0 bridgehead atoms. The van der Waals surface area contributed by atoms with Crippen molar-refractivity contribution in [2.75, 3.05) is 7.11 Å². The van der Waals surface area contributed by atoms with Crippen LogP contribution in [0.2, 0.25) is 0 Å². The molecule has 13 heavy (non-hydrogen) atoms. The zero-order valence-electron chi connectivity index (χ0n) is 7.99. The van der Waals surface area contributed by atoms with Crippen LogP contribution < -0.4 is 0 Å². The number of methoxy groups -OCH3 is 1. The largest absolute Gasteiger partial charge is 0.356 e. The van der Waals surface area contributed by atoms with Crippen molar-refractivity contribution < 1.29 is 9.47 Å². The summed E-state index contributed by atoms with van der Waals surface area (Å²) in [5, 5.41) is 0. The van der Waals surface area contributed by atoms with Crippen molar-refractivity contribution in [3.8, 4) is 0 Å². The summed E-state index contributed by atoms with van der Waals surface area (Å²) in [6.07, 6.45) is 0.927. The Labute approximate surface area is 78.5 Å². The Kier molecular flexibility index (Phi) is 2.34. The van der Waals surface area contributed by atoms with E-state index in [2.05, 4.69) is 25.1 Å². The first-order chi connectivity index (χ1) is 6.31. The van der Waals surface area contributed by atoms with Crippen molar-refractivity contribution in [1.29, 1.82) is 0 Å². The highest BCUT2D eigenvalue weighted by atomic mass is 16.7. The Hall–Kier alpha value is -0.860. The molecule has 0 fully saturated rings. The van der Waals surface area contributed by atoms with E-state index >= 15 is 0 Å². The molecule has 0 amide bonds. The van der Waals surface area contributed by atoms with Crippen LogP contribution in [0.25, 0.3) is 0 Å². The van der Waals surface area contributed by atoms with E-state index in [4.69, 9.17) is 9.47 Å². The van der Waals surface area contributed by atoms with E-state index in [9.17, 15) is 0 Å². The predicted molar refractivity (Wildman–Crippen MR) is 50.4 cm³/mol. The molecule has 1 aromatic carbocycles. The van der Waals surface area contributed by atoms with Gasteiger partial charge < -0.3 is 9.47 Å². The molecule has 1 aromatic rings. The quantitative estimate of drug-likeness (QED) is 0.657. The van der Waals surface area contributed by atoms with Crippen LogP contribution in [0, 0.1) is 0 Å². The van der Waals surface area contributed by atoms with Crippen LogP contribution in [0.5, 0.6) is 0 Å². The molecule has 0 aromatic heterocycles. The lowest BCUT2D eigenvalue weighted by Crippen LogP contribution is -2.26. The second-order valence-corrected chi connectivity index (χ2v) is 3.35. The lowest BCUT2D eigenvalue weighted by molar-refractivity contribution is -0.159. The minimum Gasteiger partial charge on any atom is -0.356 e. The molecule has 70 valence electrons. The van der Waals surface area contributed by atoms with Crippen LogP contribution >= 0.6 is 0 Å². The monoisotopic (exact) mass is 178 g/mol. The Bertz CT molecular complexity index is 296. The first-order valence-electron chi connectivity index (χ1n) is 4.57. The average molecular weight is 178 g/mol. The molecule has 0 N–H and O–H groups in total. The maximum Gasteiger partial charge on any atom is 0.162 e. The van der Waals surface area contributed by atoms with Gasteiger partial charge in [0.1, 0.15) is 0 Å². The van der Waals surface area contributed by atoms with Crippen LogP contribution in [0.4, 0.5) is 0 Å². The zero-order chi connectivity index (χ0) is 9.26. The van der Waals surface area contributed by atoms with Crippen molar-refractivity contribution >= 4 is 0 Å². The summed E-state index contributed by atoms with van der Waals surface area (Å²) in [6, 6.07) is 8.36. The zero-order valence-corrected chi connectivity index (χ0v) is 7.99. The van der Waals surface area contributed by atoms with E-state index in [-0.39, 0.29) is 12.4 Å². The SMILES string of the molecule is COC1Cc2ccccc2[C@@H](C)O1. The molecule has 0 saturated carbocycles. The fourth-order valence-corrected chi connectivity index (χ4v) is 1.78. The van der Waals surface area contributed by atoms with Gasteiger partial charge in [0.15, 0.2) is 6.29 Å². The highest BCUT2D eigenvalue weighted by Gasteiger charge is 2.23. The van der Waals surface area contributed by atoms with Crippen molar-refractivity contribution in [1.82, 2.24) is 0 Å². The van der Waals surface area contributed by atoms with E-state index in [1.807, 2.05) is 6.07 Å². The molecule has 0 aliphatic carbocycles. The third-order valence-electron chi connectivity index (χ3n) is 2.50. The normalized spacial score (nSPS) is 26.9. The van der Waals surface area contributed by atoms with E-state index < -0.39 is 0 Å². The molecular weight excluding hydrogens is 164 g/mol. The fourth-order valence-electron chi connectivity index (χ4n) is 1.78. The fraction of sp³-hybridized carbons (Fsp3) is 0.455. The summed E-state index contributed by atoms with van der Waals surface area (Å²) in [5.41, 5.74) is 2.63. The molecule has 0 saturated heterocycles. The Morgan fingerprint density at radius 2 is 2.15 bits per heavy atom. The molecule has 0 spiro atoms. The second kappa shape index (κ2) is 3.48. The highest BCUT2D eigenvalue weighted by Crippen LogP contribution is 2.29. The molecule has 2 nitrogen and oxygen atoms in total. The molecule has 1 aliphatic heterocycles. The van der Waals surface area contributed by atoms with Crippen LogP contribution in [0.15, 0.2) is 24.3 Å². The first kappa shape index (κ1) is 8.73. The summed E-state index contributed by atoms with van der Waals surface area (Å²) in [7, 11) is 1.69. The van der Waals surface area contributed by atoms with Gasteiger partial charge in [-0.1, -0.05) is 24.3 Å². The third kappa shape index (κ3) is 1.60. The molecule has 1 unspecified atom stereocenters. The number of hydrogen-bond donors (Lipinski definition) is 0. The summed E-state index contributed by atoms with van der Waals surface area (Å²) in [6.45, 7) is 2.06. The smallest absolute Gasteiger partial charge is 0.162 e. The molecule has 1 heterocycles.